The summed E-state index contributed by atoms with van der Waals surface area (Å²) in [7, 11) is 1.65. The number of methoxy groups -OCH3 is 1. The molecule has 0 aliphatic rings. The number of halogens is 1. The lowest BCUT2D eigenvalue weighted by Crippen LogP contribution is -2.39. The van der Waals surface area contributed by atoms with Crippen LogP contribution in [0, 0.1) is 0 Å². The summed E-state index contributed by atoms with van der Waals surface area (Å²) in [6, 6.07) is 2.35. The smallest absolute Gasteiger partial charge is 0.0765 e. The molecule has 1 aromatic rings. The molecule has 2 N–H and O–H groups in total. The second-order valence-electron chi connectivity index (χ2n) is 4.51. The first-order valence-corrected chi connectivity index (χ1v) is 7.30. The van der Waals surface area contributed by atoms with Gasteiger partial charge in [-0.25, -0.2) is 0 Å². The maximum absolute atomic E-state index is 10.1. The van der Waals surface area contributed by atoms with E-state index >= 15 is 0 Å². The van der Waals surface area contributed by atoms with Crippen molar-refractivity contribution in [3.8, 4) is 0 Å². The first kappa shape index (κ1) is 15.1. The Labute approximate surface area is 115 Å². The van der Waals surface area contributed by atoms with Gasteiger partial charge in [-0.15, -0.1) is 11.3 Å². The Balaban J connectivity index is 2.39. The van der Waals surface area contributed by atoms with Crippen molar-refractivity contribution in [1.29, 1.82) is 0 Å². The van der Waals surface area contributed by atoms with Gasteiger partial charge in [0.2, 0.25) is 0 Å². The lowest BCUT2D eigenvalue weighted by Gasteiger charge is -2.25. The van der Waals surface area contributed by atoms with Crippen LogP contribution in [0.5, 0.6) is 0 Å². The topological polar surface area (TPSA) is 41.5 Å². The van der Waals surface area contributed by atoms with Crippen molar-refractivity contribution >= 4 is 27.3 Å². The summed E-state index contributed by atoms with van der Waals surface area (Å²) in [5, 5.41) is 15.5. The number of thiophene rings is 1. The Hall–Kier alpha value is 0.0600. The highest BCUT2D eigenvalue weighted by Gasteiger charge is 2.21. The standard InChI is InChI=1S/C12H20BrNO2S/c1-9(11-6-10(13)7-17-11)14-8-12(2,15)4-5-16-3/h6-7,9,14-15H,4-5,8H2,1-3H3. The first-order chi connectivity index (χ1) is 7.94. The largest absolute Gasteiger partial charge is 0.389 e. The number of ether oxygens (including phenoxy) is 1. The minimum Gasteiger partial charge on any atom is -0.389 e. The van der Waals surface area contributed by atoms with E-state index in [9.17, 15) is 5.11 Å². The van der Waals surface area contributed by atoms with Crippen LogP contribution in [0.25, 0.3) is 0 Å². The molecule has 0 aliphatic carbocycles. The van der Waals surface area contributed by atoms with E-state index < -0.39 is 5.60 Å². The average Bonchev–Trinajstić information content (AvgIpc) is 2.70. The molecule has 0 fully saturated rings. The summed E-state index contributed by atoms with van der Waals surface area (Å²) in [4.78, 5) is 1.26. The first-order valence-electron chi connectivity index (χ1n) is 5.63. The molecule has 0 aliphatic heterocycles. The average molecular weight is 322 g/mol. The molecule has 0 bridgehead atoms. The molecule has 1 heterocycles. The van der Waals surface area contributed by atoms with Crippen LogP contribution < -0.4 is 5.32 Å². The van der Waals surface area contributed by atoms with Crippen molar-refractivity contribution in [2.75, 3.05) is 20.3 Å². The van der Waals surface area contributed by atoms with Gasteiger partial charge in [0.1, 0.15) is 0 Å². The van der Waals surface area contributed by atoms with Crippen LogP contribution in [-0.2, 0) is 4.74 Å². The number of aliphatic hydroxyl groups is 1. The summed E-state index contributed by atoms with van der Waals surface area (Å²) < 4.78 is 6.09. The highest BCUT2D eigenvalue weighted by atomic mass is 79.9. The van der Waals surface area contributed by atoms with Gasteiger partial charge in [0, 0.05) is 47.5 Å². The Morgan fingerprint density at radius 2 is 2.35 bits per heavy atom. The molecule has 0 saturated heterocycles. The van der Waals surface area contributed by atoms with Gasteiger partial charge in [-0.3, -0.25) is 0 Å². The van der Waals surface area contributed by atoms with Crippen LogP contribution in [0.2, 0.25) is 0 Å². The predicted molar refractivity (Wildman–Crippen MR) is 75.6 cm³/mol. The fourth-order valence-electron chi connectivity index (χ4n) is 1.44. The van der Waals surface area contributed by atoms with Crippen molar-refractivity contribution in [3.63, 3.8) is 0 Å². The lowest BCUT2D eigenvalue weighted by atomic mass is 10.0. The Morgan fingerprint density at radius 1 is 1.65 bits per heavy atom. The fourth-order valence-corrected chi connectivity index (χ4v) is 2.92. The van der Waals surface area contributed by atoms with Crippen molar-refractivity contribution in [2.24, 2.45) is 0 Å². The highest BCUT2D eigenvalue weighted by Crippen LogP contribution is 2.25. The van der Waals surface area contributed by atoms with E-state index in [0.29, 0.717) is 19.6 Å². The van der Waals surface area contributed by atoms with Gasteiger partial charge < -0.3 is 15.2 Å². The molecule has 0 aromatic carbocycles. The summed E-state index contributed by atoms with van der Waals surface area (Å²) in [6.07, 6.45) is 0.636. The number of hydrogen-bond donors (Lipinski definition) is 2. The Morgan fingerprint density at radius 3 is 2.88 bits per heavy atom. The number of nitrogens with one attached hydrogen (secondary N) is 1. The molecule has 0 saturated carbocycles. The number of hydrogen-bond acceptors (Lipinski definition) is 4. The third-order valence-electron chi connectivity index (χ3n) is 2.65. The quantitative estimate of drug-likeness (QED) is 0.811. The summed E-state index contributed by atoms with van der Waals surface area (Å²) >= 11 is 5.15. The van der Waals surface area contributed by atoms with Gasteiger partial charge in [0.05, 0.1) is 5.60 Å². The van der Waals surface area contributed by atoms with Gasteiger partial charge in [-0.1, -0.05) is 0 Å². The summed E-state index contributed by atoms with van der Waals surface area (Å²) in [5.74, 6) is 0. The van der Waals surface area contributed by atoms with Crippen LogP contribution in [0.4, 0.5) is 0 Å². The molecule has 3 nitrogen and oxygen atoms in total. The van der Waals surface area contributed by atoms with E-state index in [4.69, 9.17) is 4.74 Å². The van der Waals surface area contributed by atoms with E-state index in [2.05, 4.69) is 39.6 Å². The van der Waals surface area contributed by atoms with Crippen molar-refractivity contribution in [2.45, 2.75) is 31.9 Å². The van der Waals surface area contributed by atoms with Gasteiger partial charge in [-0.05, 0) is 35.8 Å². The molecular weight excluding hydrogens is 302 g/mol. The number of rotatable bonds is 7. The third kappa shape index (κ3) is 5.48. The summed E-state index contributed by atoms with van der Waals surface area (Å²) in [6.45, 7) is 5.07. The molecule has 98 valence electrons. The lowest BCUT2D eigenvalue weighted by molar-refractivity contribution is 0.0232. The van der Waals surface area contributed by atoms with Crippen molar-refractivity contribution in [3.05, 3.63) is 20.8 Å². The fraction of sp³-hybridized carbons (Fsp3) is 0.667. The molecule has 1 rings (SSSR count). The third-order valence-corrected chi connectivity index (χ3v) is 4.52. The Kier molecular flexibility index (Phi) is 6.09. The van der Waals surface area contributed by atoms with E-state index in [1.165, 1.54) is 4.88 Å². The van der Waals surface area contributed by atoms with Crippen LogP contribution in [-0.4, -0.2) is 31.0 Å². The van der Waals surface area contributed by atoms with Crippen LogP contribution in [0.1, 0.15) is 31.2 Å². The van der Waals surface area contributed by atoms with Crippen LogP contribution in [0.15, 0.2) is 15.9 Å². The molecule has 1 aromatic heterocycles. The molecule has 0 radical (unpaired) electrons. The summed E-state index contributed by atoms with van der Waals surface area (Å²) in [5.41, 5.74) is -0.723. The molecular formula is C12H20BrNO2S. The van der Waals surface area contributed by atoms with Gasteiger partial charge in [0.25, 0.3) is 0 Å². The zero-order valence-electron chi connectivity index (χ0n) is 10.5. The minimum atomic E-state index is -0.723. The van der Waals surface area contributed by atoms with Gasteiger partial charge >= 0.3 is 0 Å². The molecule has 0 spiro atoms. The molecule has 0 amide bonds. The normalized spacial score (nSPS) is 16.8. The minimum absolute atomic E-state index is 0.250. The molecule has 2 atom stereocenters. The Bertz CT molecular complexity index is 341. The van der Waals surface area contributed by atoms with E-state index in [1.807, 2.05) is 6.92 Å². The molecule has 17 heavy (non-hydrogen) atoms. The van der Waals surface area contributed by atoms with Crippen molar-refractivity contribution in [1.82, 2.24) is 5.32 Å². The van der Waals surface area contributed by atoms with E-state index in [1.54, 1.807) is 18.4 Å². The molecule has 2 unspecified atom stereocenters. The van der Waals surface area contributed by atoms with Crippen LogP contribution >= 0.6 is 27.3 Å². The SMILES string of the molecule is COCCC(C)(O)CNC(C)c1cc(Br)cs1. The second kappa shape index (κ2) is 6.85. The zero-order chi connectivity index (χ0) is 12.9. The monoisotopic (exact) mass is 321 g/mol. The highest BCUT2D eigenvalue weighted by molar-refractivity contribution is 9.10. The van der Waals surface area contributed by atoms with Crippen LogP contribution in [0.3, 0.4) is 0 Å². The van der Waals surface area contributed by atoms with Gasteiger partial charge in [0.15, 0.2) is 0 Å². The van der Waals surface area contributed by atoms with Crippen molar-refractivity contribution < 1.29 is 9.84 Å². The second-order valence-corrected chi connectivity index (χ2v) is 6.37. The predicted octanol–water partition coefficient (Wildman–Crippen LogP) is 2.95. The van der Waals surface area contributed by atoms with Gasteiger partial charge in [-0.2, -0.15) is 0 Å². The maximum Gasteiger partial charge on any atom is 0.0765 e. The molecule has 5 heteroatoms. The zero-order valence-corrected chi connectivity index (χ0v) is 12.9. The maximum atomic E-state index is 10.1. The van der Waals surface area contributed by atoms with E-state index in [0.717, 1.165) is 4.47 Å². The van der Waals surface area contributed by atoms with E-state index in [-0.39, 0.29) is 6.04 Å².